The van der Waals surface area contributed by atoms with Gasteiger partial charge >= 0.3 is 12.0 Å². The van der Waals surface area contributed by atoms with Gasteiger partial charge in [0.05, 0.1) is 5.69 Å². The number of carboxylic acid groups (broad SMARTS) is 1. The van der Waals surface area contributed by atoms with Gasteiger partial charge in [-0.05, 0) is 13.8 Å². The lowest BCUT2D eigenvalue weighted by molar-refractivity contribution is -0.144. The number of carbonyl (C=O) groups is 2. The quantitative estimate of drug-likeness (QED) is 0.632. The van der Waals surface area contributed by atoms with Crippen molar-refractivity contribution >= 4 is 12.0 Å². The number of rotatable bonds is 5. The zero-order valence-electron chi connectivity index (χ0n) is 9.44. The number of aliphatic carboxylic acids is 1. The average Bonchev–Trinajstić information content (AvgIpc) is 2.55. The maximum Gasteiger partial charge on any atom is 0.338 e. The SMILES string of the molecule is Cc1noc(C)c1CNC(=O)NOCC(=O)O. The second-order valence-corrected chi connectivity index (χ2v) is 3.27. The molecule has 0 aliphatic rings. The van der Waals surface area contributed by atoms with Gasteiger partial charge in [0.2, 0.25) is 0 Å². The van der Waals surface area contributed by atoms with Crippen molar-refractivity contribution in [1.29, 1.82) is 0 Å². The molecule has 0 saturated heterocycles. The lowest BCUT2D eigenvalue weighted by atomic mass is 10.2. The Balaban J connectivity index is 2.31. The van der Waals surface area contributed by atoms with Gasteiger partial charge in [0.25, 0.3) is 0 Å². The molecule has 3 N–H and O–H groups in total. The highest BCUT2D eigenvalue weighted by Crippen LogP contribution is 2.11. The number of aromatic nitrogens is 1. The number of nitrogens with zero attached hydrogens (tertiary/aromatic N) is 1. The highest BCUT2D eigenvalue weighted by atomic mass is 16.7. The summed E-state index contributed by atoms with van der Waals surface area (Å²) in [5.41, 5.74) is 3.40. The first-order valence-corrected chi connectivity index (χ1v) is 4.80. The van der Waals surface area contributed by atoms with E-state index in [-0.39, 0.29) is 6.54 Å². The monoisotopic (exact) mass is 243 g/mol. The lowest BCUT2D eigenvalue weighted by Gasteiger charge is -2.05. The summed E-state index contributed by atoms with van der Waals surface area (Å²) in [7, 11) is 0. The van der Waals surface area contributed by atoms with Gasteiger partial charge in [0.15, 0.2) is 6.61 Å². The van der Waals surface area contributed by atoms with E-state index in [4.69, 9.17) is 9.63 Å². The Morgan fingerprint density at radius 2 is 2.18 bits per heavy atom. The summed E-state index contributed by atoms with van der Waals surface area (Å²) < 4.78 is 4.91. The Hall–Kier alpha value is -2.09. The van der Waals surface area contributed by atoms with E-state index in [2.05, 4.69) is 15.3 Å². The van der Waals surface area contributed by atoms with E-state index < -0.39 is 18.6 Å². The molecule has 0 spiro atoms. The minimum Gasteiger partial charge on any atom is -0.479 e. The molecule has 0 unspecified atom stereocenters. The topological polar surface area (TPSA) is 114 Å². The van der Waals surface area contributed by atoms with Gasteiger partial charge in [-0.1, -0.05) is 5.16 Å². The fourth-order valence-electron chi connectivity index (χ4n) is 1.12. The second-order valence-electron chi connectivity index (χ2n) is 3.27. The molecule has 0 atom stereocenters. The fourth-order valence-corrected chi connectivity index (χ4v) is 1.12. The smallest absolute Gasteiger partial charge is 0.338 e. The Bertz CT molecular complexity index is 395. The predicted octanol–water partition coefficient (Wildman–Crippen LogP) is 0.107. The number of hydrogen-bond acceptors (Lipinski definition) is 5. The van der Waals surface area contributed by atoms with E-state index in [0.717, 1.165) is 5.56 Å². The number of hydrogen-bond donors (Lipinski definition) is 3. The van der Waals surface area contributed by atoms with Crippen LogP contribution >= 0.6 is 0 Å². The first-order valence-electron chi connectivity index (χ1n) is 4.80. The van der Waals surface area contributed by atoms with E-state index >= 15 is 0 Å². The van der Waals surface area contributed by atoms with E-state index in [0.29, 0.717) is 11.5 Å². The Morgan fingerprint density at radius 3 is 2.71 bits per heavy atom. The standard InChI is InChI=1S/C9H13N3O5/c1-5-7(6(2)17-11-5)3-10-9(15)12-16-4-8(13)14/h3-4H2,1-2H3,(H,13,14)(H2,10,12,15). The molecule has 8 nitrogen and oxygen atoms in total. The summed E-state index contributed by atoms with van der Waals surface area (Å²) in [6, 6.07) is -0.633. The van der Waals surface area contributed by atoms with Crippen LogP contribution in [-0.4, -0.2) is 28.9 Å². The first kappa shape index (κ1) is 13.0. The summed E-state index contributed by atoms with van der Waals surface area (Å²) in [5, 5.41) is 14.5. The number of hydroxylamine groups is 1. The molecule has 0 bridgehead atoms. The second kappa shape index (κ2) is 5.85. The zero-order chi connectivity index (χ0) is 12.8. The van der Waals surface area contributed by atoms with E-state index in [1.165, 1.54) is 0 Å². The van der Waals surface area contributed by atoms with Crippen LogP contribution in [0, 0.1) is 13.8 Å². The lowest BCUT2D eigenvalue weighted by Crippen LogP contribution is -2.36. The first-order chi connectivity index (χ1) is 8.00. The molecular formula is C9H13N3O5. The molecule has 0 aromatic carbocycles. The third-order valence-corrected chi connectivity index (χ3v) is 1.97. The number of nitrogens with one attached hydrogen (secondary N) is 2. The number of carboxylic acids is 1. The van der Waals surface area contributed by atoms with Gasteiger partial charge < -0.3 is 14.9 Å². The van der Waals surface area contributed by atoms with Crippen LogP contribution in [0.25, 0.3) is 0 Å². The largest absolute Gasteiger partial charge is 0.479 e. The molecule has 17 heavy (non-hydrogen) atoms. The van der Waals surface area contributed by atoms with Crippen molar-refractivity contribution in [2.45, 2.75) is 20.4 Å². The van der Waals surface area contributed by atoms with Crippen molar-refractivity contribution < 1.29 is 24.1 Å². The number of carbonyl (C=O) groups excluding carboxylic acids is 1. The van der Waals surface area contributed by atoms with Crippen LogP contribution in [0.4, 0.5) is 4.79 Å². The summed E-state index contributed by atoms with van der Waals surface area (Å²) in [6.45, 7) is 3.12. The van der Waals surface area contributed by atoms with Crippen LogP contribution < -0.4 is 10.8 Å². The predicted molar refractivity (Wildman–Crippen MR) is 54.9 cm³/mol. The van der Waals surface area contributed by atoms with Crippen molar-refractivity contribution in [1.82, 2.24) is 16.0 Å². The van der Waals surface area contributed by atoms with Gasteiger partial charge in [-0.15, -0.1) is 0 Å². The Morgan fingerprint density at radius 1 is 1.47 bits per heavy atom. The Kier molecular flexibility index (Phi) is 4.46. The number of urea groups is 1. The maximum atomic E-state index is 11.2. The fraction of sp³-hybridized carbons (Fsp3) is 0.444. The molecule has 1 heterocycles. The normalized spacial score (nSPS) is 10.0. The Labute approximate surface area is 96.9 Å². The van der Waals surface area contributed by atoms with Crippen LogP contribution in [0.15, 0.2) is 4.52 Å². The summed E-state index contributed by atoms with van der Waals surface area (Å²) in [4.78, 5) is 25.6. The van der Waals surface area contributed by atoms with Gasteiger partial charge in [0, 0.05) is 12.1 Å². The molecule has 1 aromatic rings. The van der Waals surface area contributed by atoms with E-state index in [1.54, 1.807) is 13.8 Å². The third kappa shape index (κ3) is 4.11. The molecule has 0 radical (unpaired) electrons. The third-order valence-electron chi connectivity index (χ3n) is 1.97. The average molecular weight is 243 g/mol. The van der Waals surface area contributed by atoms with Crippen LogP contribution in [0.5, 0.6) is 0 Å². The van der Waals surface area contributed by atoms with Crippen LogP contribution in [-0.2, 0) is 16.2 Å². The highest BCUT2D eigenvalue weighted by Gasteiger charge is 2.10. The molecule has 0 fully saturated rings. The molecule has 1 rings (SSSR count). The number of aryl methyl sites for hydroxylation is 2. The summed E-state index contributed by atoms with van der Waals surface area (Å²) in [5.74, 6) is -0.551. The van der Waals surface area contributed by atoms with Crippen molar-refractivity contribution in [3.8, 4) is 0 Å². The van der Waals surface area contributed by atoms with E-state index in [9.17, 15) is 9.59 Å². The van der Waals surface area contributed by atoms with Crippen molar-refractivity contribution in [2.75, 3.05) is 6.61 Å². The van der Waals surface area contributed by atoms with Crippen molar-refractivity contribution in [3.63, 3.8) is 0 Å². The van der Waals surface area contributed by atoms with Crippen LogP contribution in [0.3, 0.4) is 0 Å². The minimum absolute atomic E-state index is 0.226. The molecule has 8 heteroatoms. The van der Waals surface area contributed by atoms with Crippen LogP contribution in [0.1, 0.15) is 17.0 Å². The van der Waals surface area contributed by atoms with Crippen LogP contribution in [0.2, 0.25) is 0 Å². The maximum absolute atomic E-state index is 11.2. The van der Waals surface area contributed by atoms with Crippen molar-refractivity contribution in [3.05, 3.63) is 17.0 Å². The van der Waals surface area contributed by atoms with Gasteiger partial charge in [-0.2, -0.15) is 0 Å². The molecule has 0 saturated carbocycles. The zero-order valence-corrected chi connectivity index (χ0v) is 9.44. The summed E-state index contributed by atoms with van der Waals surface area (Å²) in [6.07, 6.45) is 0. The molecule has 2 amide bonds. The van der Waals surface area contributed by atoms with Gasteiger partial charge in [0.1, 0.15) is 5.76 Å². The van der Waals surface area contributed by atoms with Crippen molar-refractivity contribution in [2.24, 2.45) is 0 Å². The highest BCUT2D eigenvalue weighted by molar-refractivity contribution is 5.73. The van der Waals surface area contributed by atoms with Gasteiger partial charge in [-0.25, -0.2) is 15.1 Å². The van der Waals surface area contributed by atoms with Gasteiger partial charge in [-0.3, -0.25) is 4.84 Å². The molecule has 94 valence electrons. The minimum atomic E-state index is -1.17. The molecule has 1 aromatic heterocycles. The molecular weight excluding hydrogens is 230 g/mol. The summed E-state index contributed by atoms with van der Waals surface area (Å²) >= 11 is 0. The number of amides is 2. The van der Waals surface area contributed by atoms with E-state index in [1.807, 2.05) is 5.48 Å². The molecule has 0 aliphatic heterocycles. The molecule has 0 aliphatic carbocycles.